The number of nitriles is 1. The molecule has 0 heterocycles. The third-order valence-electron chi connectivity index (χ3n) is 5.61. The number of ether oxygens (including phenoxy) is 1. The Morgan fingerprint density at radius 3 is 2.37 bits per heavy atom. The number of ketones is 1. The molecule has 0 aromatic heterocycles. The van der Waals surface area contributed by atoms with Gasteiger partial charge in [0.2, 0.25) is 0 Å². The maximum absolute atomic E-state index is 11.9. The Kier molecular flexibility index (Phi) is 5.63. The van der Waals surface area contributed by atoms with Crippen LogP contribution in [-0.4, -0.2) is 45.8 Å². The van der Waals surface area contributed by atoms with E-state index in [2.05, 4.69) is 42.6 Å². The topological polar surface area (TPSA) is 53.3 Å². The predicted molar refractivity (Wildman–Crippen MR) is 119 cm³/mol. The second-order valence-corrected chi connectivity index (χ2v) is 9.76. The van der Waals surface area contributed by atoms with Crippen LogP contribution >= 0.6 is 0 Å². The Labute approximate surface area is 183 Å². The molecule has 0 fully saturated rings. The van der Waals surface area contributed by atoms with Gasteiger partial charge in [-0.15, -0.1) is 0 Å². The van der Waals surface area contributed by atoms with Crippen LogP contribution < -0.4 is 9.20 Å². The molecule has 150 valence electrons. The first-order chi connectivity index (χ1) is 14.6. The predicted octanol–water partition coefficient (Wildman–Crippen LogP) is 3.30. The Morgan fingerprint density at radius 2 is 1.77 bits per heavy atom. The first-order valence-corrected chi connectivity index (χ1v) is 11.4. The molecule has 0 saturated carbocycles. The minimum atomic E-state index is -0.399. The molecule has 1 atom stereocenters. The van der Waals surface area contributed by atoms with E-state index in [4.69, 9.17) is 4.74 Å². The minimum absolute atomic E-state index is 0.00177. The Bertz CT molecular complexity index is 1060. The molecule has 0 saturated heterocycles. The molecule has 2 aliphatic rings. The second-order valence-electron chi connectivity index (χ2n) is 7.42. The van der Waals surface area contributed by atoms with E-state index in [-0.39, 0.29) is 26.8 Å². The van der Waals surface area contributed by atoms with Crippen LogP contribution in [0.4, 0.5) is 0 Å². The molecule has 0 aliphatic heterocycles. The molecule has 0 N–H and O–H groups in total. The summed E-state index contributed by atoms with van der Waals surface area (Å²) in [5, 5.41) is 9.69. The van der Waals surface area contributed by atoms with Gasteiger partial charge in [-0.05, 0) is 0 Å². The van der Waals surface area contributed by atoms with Gasteiger partial charge in [0.05, 0.1) is 0 Å². The number of rotatable bonds is 5. The van der Waals surface area contributed by atoms with Crippen LogP contribution in [0.5, 0.6) is 5.75 Å². The molecule has 0 radical (unpaired) electrons. The van der Waals surface area contributed by atoms with E-state index < -0.39 is 5.41 Å². The van der Waals surface area contributed by atoms with Gasteiger partial charge in [0.25, 0.3) is 0 Å². The molecule has 4 nitrogen and oxygen atoms in total. The summed E-state index contributed by atoms with van der Waals surface area (Å²) in [7, 11) is 3.50. The molecule has 2 aromatic carbocycles. The summed E-state index contributed by atoms with van der Waals surface area (Å²) >= 11 is 0.0406. The SMILES string of the molecule is COc1ccc(C2=C([Se]c3ccccc3)[C@@H](N(C)C#N)CC23C=CC(=O)C=C3)cc1. The normalized spacial score (nSPS) is 19.2. The van der Waals surface area contributed by atoms with Gasteiger partial charge < -0.3 is 0 Å². The molecule has 2 aliphatic carbocycles. The Balaban J connectivity index is 1.92. The monoisotopic (exact) mass is 462 g/mol. The van der Waals surface area contributed by atoms with Gasteiger partial charge in [-0.25, -0.2) is 0 Å². The van der Waals surface area contributed by atoms with E-state index in [0.717, 1.165) is 17.7 Å². The second kappa shape index (κ2) is 8.36. The van der Waals surface area contributed by atoms with Crippen LogP contribution in [0.15, 0.2) is 83.4 Å². The number of hydrogen-bond donors (Lipinski definition) is 0. The summed E-state index contributed by atoms with van der Waals surface area (Å²) in [6, 6.07) is 18.5. The van der Waals surface area contributed by atoms with Crippen LogP contribution in [0.1, 0.15) is 12.0 Å². The molecular weight excluding hydrogens is 439 g/mol. The van der Waals surface area contributed by atoms with Gasteiger partial charge in [0.1, 0.15) is 0 Å². The van der Waals surface area contributed by atoms with E-state index in [9.17, 15) is 10.1 Å². The maximum atomic E-state index is 11.9. The van der Waals surface area contributed by atoms with Crippen molar-refractivity contribution in [2.45, 2.75) is 12.5 Å². The third-order valence-corrected chi connectivity index (χ3v) is 8.14. The summed E-state index contributed by atoms with van der Waals surface area (Å²) in [5.41, 5.74) is 1.90. The molecular formula is C25H22N2O2Se. The van der Waals surface area contributed by atoms with Crippen LogP contribution in [0.3, 0.4) is 0 Å². The summed E-state index contributed by atoms with van der Waals surface area (Å²) in [6.45, 7) is 0. The first kappa shape index (κ1) is 20.2. The molecule has 5 heteroatoms. The van der Waals surface area contributed by atoms with E-state index >= 15 is 0 Å². The van der Waals surface area contributed by atoms with E-state index in [1.807, 2.05) is 37.4 Å². The van der Waals surface area contributed by atoms with Crippen molar-refractivity contribution in [1.29, 1.82) is 5.26 Å². The van der Waals surface area contributed by atoms with Crippen LogP contribution in [0.25, 0.3) is 5.57 Å². The number of carbonyl (C=O) groups excluding carboxylic acids is 1. The van der Waals surface area contributed by atoms with Crippen molar-refractivity contribution in [1.82, 2.24) is 4.90 Å². The number of nitrogens with zero attached hydrogens (tertiary/aromatic N) is 2. The number of benzene rings is 2. The van der Waals surface area contributed by atoms with Gasteiger partial charge in [-0.3, -0.25) is 0 Å². The average molecular weight is 461 g/mol. The molecule has 0 amide bonds. The van der Waals surface area contributed by atoms with Crippen molar-refractivity contribution in [2.75, 3.05) is 14.2 Å². The fraction of sp³-hybridized carbons (Fsp3) is 0.200. The van der Waals surface area contributed by atoms with Crippen molar-refractivity contribution in [3.63, 3.8) is 0 Å². The van der Waals surface area contributed by atoms with E-state index in [0.29, 0.717) is 0 Å². The van der Waals surface area contributed by atoms with E-state index in [1.165, 1.54) is 14.5 Å². The zero-order valence-corrected chi connectivity index (χ0v) is 18.6. The number of carbonyl (C=O) groups is 1. The Hall–Kier alpha value is -3.06. The molecule has 30 heavy (non-hydrogen) atoms. The van der Waals surface area contributed by atoms with Gasteiger partial charge >= 0.3 is 183 Å². The Morgan fingerprint density at radius 1 is 1.10 bits per heavy atom. The average Bonchev–Trinajstić information content (AvgIpc) is 3.09. The summed E-state index contributed by atoms with van der Waals surface area (Å²) in [5.74, 6) is 0.805. The molecule has 0 unspecified atom stereocenters. The van der Waals surface area contributed by atoms with Crippen LogP contribution in [0, 0.1) is 16.9 Å². The molecule has 4 rings (SSSR count). The number of methoxy groups -OCH3 is 1. The first-order valence-electron chi connectivity index (χ1n) is 9.73. The molecule has 1 spiro atoms. The fourth-order valence-electron chi connectivity index (χ4n) is 4.07. The fourth-order valence-corrected chi connectivity index (χ4v) is 6.87. The van der Waals surface area contributed by atoms with Gasteiger partial charge in [0.15, 0.2) is 0 Å². The quantitative estimate of drug-likeness (QED) is 0.390. The summed E-state index contributed by atoms with van der Waals surface area (Å²) < 4.78 is 7.88. The number of allylic oxidation sites excluding steroid dienone is 5. The van der Waals surface area contributed by atoms with Crippen LogP contribution in [0.2, 0.25) is 0 Å². The summed E-state index contributed by atoms with van der Waals surface area (Å²) in [6.07, 6.45) is 10.4. The number of likely N-dealkylation sites (N-methyl/N-ethyl adjacent to an activating group) is 1. The van der Waals surface area contributed by atoms with Crippen LogP contribution in [-0.2, 0) is 4.79 Å². The van der Waals surface area contributed by atoms with Crippen molar-refractivity contribution >= 4 is 30.8 Å². The number of hydrogen-bond acceptors (Lipinski definition) is 4. The molecule has 0 bridgehead atoms. The molecule has 2 aromatic rings. The zero-order chi connectivity index (χ0) is 21.1. The third kappa shape index (κ3) is 3.73. The summed E-state index contributed by atoms with van der Waals surface area (Å²) in [4.78, 5) is 13.7. The standard InChI is InChI=1S/C25H22N2O2Se/c1-27(17-26)22-16-25(14-12-19(28)13-15-25)23(18-8-10-20(29-2)11-9-18)24(22)30-21-6-4-3-5-7-21/h3-15,22H,16H2,1-2H3/t22-/m0/s1. The van der Waals surface area contributed by atoms with Gasteiger partial charge in [0, 0.05) is 0 Å². The van der Waals surface area contributed by atoms with Crippen molar-refractivity contribution < 1.29 is 9.53 Å². The van der Waals surface area contributed by atoms with Crippen molar-refractivity contribution in [2.24, 2.45) is 5.41 Å². The zero-order valence-electron chi connectivity index (χ0n) is 16.9. The van der Waals surface area contributed by atoms with Gasteiger partial charge in [-0.1, -0.05) is 0 Å². The van der Waals surface area contributed by atoms with Gasteiger partial charge in [-0.2, -0.15) is 0 Å². The van der Waals surface area contributed by atoms with E-state index in [1.54, 1.807) is 24.2 Å². The van der Waals surface area contributed by atoms with Crippen molar-refractivity contribution in [3.05, 3.63) is 88.9 Å². The van der Waals surface area contributed by atoms with Crippen molar-refractivity contribution in [3.8, 4) is 11.9 Å².